The predicted octanol–water partition coefficient (Wildman–Crippen LogP) is 1.67. The van der Waals surface area contributed by atoms with Gasteiger partial charge in [-0.1, -0.05) is 0 Å². The Morgan fingerprint density at radius 1 is 1.03 bits per heavy atom. The normalized spacial score (nSPS) is 21.3. The number of nitrogens with one attached hydrogen (secondary N) is 1. The standard InChI is InChI=1S/C27H36N8O3/c28-20(18-36)1-2-24(29)33-13-4-19(5-14-33)17-32-11-6-21(7-12-32)34-15-8-22-23(34)3-10-30-26(22)35-16-9-25(37)31-27(35)38/h1-3,8,10,15,18-19,21H,4-7,9,11-14,16-17,28-29H2,(H,31,37,38)/b20-1-,24-2+. The zero-order chi connectivity index (χ0) is 26.6. The molecular formula is C27H36N8O3. The number of urea groups is 1. The fourth-order valence-corrected chi connectivity index (χ4v) is 5.82. The zero-order valence-electron chi connectivity index (χ0n) is 21.6. The van der Waals surface area contributed by atoms with E-state index in [1.807, 2.05) is 12.1 Å². The number of rotatable bonds is 7. The molecule has 3 saturated heterocycles. The van der Waals surface area contributed by atoms with Crippen LogP contribution in [0.2, 0.25) is 0 Å². The fraction of sp³-hybridized carbons (Fsp3) is 0.481. The summed E-state index contributed by atoms with van der Waals surface area (Å²) in [6, 6.07) is 4.03. The minimum absolute atomic E-state index is 0.170. The largest absolute Gasteiger partial charge is 0.396 e. The number of anilines is 1. The summed E-state index contributed by atoms with van der Waals surface area (Å²) < 4.78 is 2.32. The summed E-state index contributed by atoms with van der Waals surface area (Å²) in [5.74, 6) is 1.66. The molecule has 3 aliphatic heterocycles. The summed E-state index contributed by atoms with van der Waals surface area (Å²) in [6.45, 7) is 5.37. The first-order valence-corrected chi connectivity index (χ1v) is 13.3. The van der Waals surface area contributed by atoms with Crippen LogP contribution in [0, 0.1) is 5.92 Å². The Bertz CT molecular complexity index is 1250. The minimum atomic E-state index is -0.411. The Balaban J connectivity index is 1.15. The van der Waals surface area contributed by atoms with Gasteiger partial charge in [0.15, 0.2) is 6.29 Å². The first kappa shape index (κ1) is 25.8. The molecule has 2 aromatic heterocycles. The number of piperidine rings is 2. The van der Waals surface area contributed by atoms with Crippen LogP contribution >= 0.6 is 0 Å². The number of aldehydes is 1. The van der Waals surface area contributed by atoms with Gasteiger partial charge in [0.05, 0.1) is 17.0 Å². The Morgan fingerprint density at radius 3 is 2.50 bits per heavy atom. The van der Waals surface area contributed by atoms with Gasteiger partial charge in [0.1, 0.15) is 5.82 Å². The molecule has 0 bridgehead atoms. The number of hydrogen-bond acceptors (Lipinski definition) is 8. The minimum Gasteiger partial charge on any atom is -0.396 e. The number of likely N-dealkylation sites (tertiary alicyclic amines) is 2. The number of aromatic nitrogens is 2. The molecule has 0 unspecified atom stereocenters. The van der Waals surface area contributed by atoms with E-state index < -0.39 is 6.03 Å². The van der Waals surface area contributed by atoms with Crippen molar-refractivity contribution in [2.45, 2.75) is 38.1 Å². The SMILES string of the molecule is N/C(C=O)=C\C=C(/N)N1CCC(CN2CCC(n3ccc4c(N5CCC(=O)NC5=O)nccc43)CC2)CC1. The summed E-state index contributed by atoms with van der Waals surface area (Å²) in [7, 11) is 0. The molecular weight excluding hydrogens is 484 g/mol. The molecule has 0 atom stereocenters. The maximum Gasteiger partial charge on any atom is 0.329 e. The Hall–Kier alpha value is -3.86. The van der Waals surface area contributed by atoms with Gasteiger partial charge in [-0.3, -0.25) is 19.8 Å². The van der Waals surface area contributed by atoms with Crippen molar-refractivity contribution in [1.82, 2.24) is 24.7 Å². The summed E-state index contributed by atoms with van der Waals surface area (Å²) in [5.41, 5.74) is 12.9. The summed E-state index contributed by atoms with van der Waals surface area (Å²) in [5, 5.41) is 3.32. The van der Waals surface area contributed by atoms with Crippen molar-refractivity contribution in [2.24, 2.45) is 17.4 Å². The third kappa shape index (κ3) is 5.52. The van der Waals surface area contributed by atoms with Crippen LogP contribution < -0.4 is 21.7 Å². The van der Waals surface area contributed by atoms with Crippen molar-refractivity contribution in [2.75, 3.05) is 44.2 Å². The van der Waals surface area contributed by atoms with Crippen LogP contribution in [0.25, 0.3) is 10.9 Å². The maximum absolute atomic E-state index is 12.4. The zero-order valence-corrected chi connectivity index (χ0v) is 21.6. The molecule has 0 aromatic carbocycles. The number of nitrogens with two attached hydrogens (primary N) is 2. The molecule has 202 valence electrons. The molecule has 11 nitrogen and oxygen atoms in total. The van der Waals surface area contributed by atoms with E-state index in [4.69, 9.17) is 11.5 Å². The number of fused-ring (bicyclic) bond motifs is 1. The Labute approximate surface area is 222 Å². The second-order valence-corrected chi connectivity index (χ2v) is 10.4. The predicted molar refractivity (Wildman–Crippen MR) is 145 cm³/mol. The lowest BCUT2D eigenvalue weighted by molar-refractivity contribution is -0.120. The first-order valence-electron chi connectivity index (χ1n) is 13.3. The third-order valence-corrected chi connectivity index (χ3v) is 7.96. The van der Waals surface area contributed by atoms with Crippen LogP contribution in [0.4, 0.5) is 10.6 Å². The van der Waals surface area contributed by atoms with Crippen LogP contribution in [0.1, 0.15) is 38.1 Å². The smallest absolute Gasteiger partial charge is 0.329 e. The number of hydrogen-bond donors (Lipinski definition) is 3. The van der Waals surface area contributed by atoms with E-state index in [0.717, 1.165) is 69.3 Å². The number of allylic oxidation sites excluding steroid dienone is 3. The average Bonchev–Trinajstić information content (AvgIpc) is 3.37. The highest BCUT2D eigenvalue weighted by molar-refractivity contribution is 6.08. The molecule has 0 saturated carbocycles. The van der Waals surface area contributed by atoms with Crippen LogP contribution in [-0.4, -0.2) is 76.8 Å². The quantitative estimate of drug-likeness (QED) is 0.284. The van der Waals surface area contributed by atoms with Gasteiger partial charge < -0.3 is 25.8 Å². The van der Waals surface area contributed by atoms with Crippen LogP contribution in [0.15, 0.2) is 48.2 Å². The van der Waals surface area contributed by atoms with Gasteiger partial charge in [-0.2, -0.15) is 0 Å². The maximum atomic E-state index is 12.4. The highest BCUT2D eigenvalue weighted by Crippen LogP contribution is 2.32. The summed E-state index contributed by atoms with van der Waals surface area (Å²) >= 11 is 0. The molecule has 38 heavy (non-hydrogen) atoms. The molecule has 5 heterocycles. The van der Waals surface area contributed by atoms with Gasteiger partial charge in [-0.15, -0.1) is 0 Å². The molecule has 2 aromatic rings. The lowest BCUT2D eigenvalue weighted by Gasteiger charge is -2.38. The second-order valence-electron chi connectivity index (χ2n) is 10.4. The monoisotopic (exact) mass is 520 g/mol. The molecule has 0 aliphatic carbocycles. The number of carbonyl (C=O) groups is 3. The number of carbonyl (C=O) groups excluding carboxylic acids is 3. The van der Waals surface area contributed by atoms with Crippen molar-refractivity contribution in [3.8, 4) is 0 Å². The van der Waals surface area contributed by atoms with Gasteiger partial charge in [-0.25, -0.2) is 9.78 Å². The third-order valence-electron chi connectivity index (χ3n) is 7.96. The van der Waals surface area contributed by atoms with Gasteiger partial charge in [0, 0.05) is 69.5 Å². The fourth-order valence-electron chi connectivity index (χ4n) is 5.82. The van der Waals surface area contributed by atoms with E-state index in [1.165, 1.54) is 0 Å². The van der Waals surface area contributed by atoms with Gasteiger partial charge in [0.2, 0.25) is 5.91 Å². The summed E-state index contributed by atoms with van der Waals surface area (Å²) in [4.78, 5) is 45.4. The van der Waals surface area contributed by atoms with Crippen molar-refractivity contribution >= 4 is 34.9 Å². The van der Waals surface area contributed by atoms with Crippen LogP contribution in [-0.2, 0) is 9.59 Å². The number of nitrogens with zero attached hydrogens (tertiary/aromatic N) is 5. The van der Waals surface area contributed by atoms with Crippen molar-refractivity contribution in [1.29, 1.82) is 0 Å². The van der Waals surface area contributed by atoms with E-state index >= 15 is 0 Å². The van der Waals surface area contributed by atoms with Crippen LogP contribution in [0.3, 0.4) is 0 Å². The second kappa shape index (κ2) is 11.3. The Kier molecular flexibility index (Phi) is 7.64. The number of imide groups is 1. The molecule has 0 radical (unpaired) electrons. The molecule has 3 aliphatic rings. The van der Waals surface area contributed by atoms with Gasteiger partial charge in [0.25, 0.3) is 0 Å². The molecule has 5 rings (SSSR count). The lowest BCUT2D eigenvalue weighted by Crippen LogP contribution is -2.49. The molecule has 5 N–H and O–H groups in total. The van der Waals surface area contributed by atoms with Gasteiger partial charge >= 0.3 is 6.03 Å². The van der Waals surface area contributed by atoms with Crippen molar-refractivity contribution < 1.29 is 14.4 Å². The topological polar surface area (TPSA) is 143 Å². The number of pyridine rings is 1. The van der Waals surface area contributed by atoms with E-state index in [1.54, 1.807) is 23.2 Å². The molecule has 0 spiro atoms. The van der Waals surface area contributed by atoms with E-state index in [9.17, 15) is 14.4 Å². The lowest BCUT2D eigenvalue weighted by atomic mass is 9.94. The molecule has 3 fully saturated rings. The van der Waals surface area contributed by atoms with E-state index in [0.29, 0.717) is 36.4 Å². The first-order chi connectivity index (χ1) is 18.4. The molecule has 11 heteroatoms. The summed E-state index contributed by atoms with van der Waals surface area (Å²) in [6.07, 6.45) is 12.3. The highest BCUT2D eigenvalue weighted by atomic mass is 16.2. The van der Waals surface area contributed by atoms with Gasteiger partial charge in [-0.05, 0) is 55.9 Å². The van der Waals surface area contributed by atoms with E-state index in [2.05, 4.69) is 30.9 Å². The number of amides is 3. The van der Waals surface area contributed by atoms with E-state index in [-0.39, 0.29) is 18.0 Å². The van der Waals surface area contributed by atoms with Crippen molar-refractivity contribution in [3.05, 3.63) is 48.2 Å². The van der Waals surface area contributed by atoms with Crippen LogP contribution in [0.5, 0.6) is 0 Å². The van der Waals surface area contributed by atoms with Crippen molar-refractivity contribution in [3.63, 3.8) is 0 Å². The Morgan fingerprint density at radius 2 is 1.79 bits per heavy atom. The average molecular weight is 521 g/mol. The molecule has 3 amide bonds. The highest BCUT2D eigenvalue weighted by Gasteiger charge is 2.29.